The summed E-state index contributed by atoms with van der Waals surface area (Å²) in [6, 6.07) is 9.74. The minimum Gasteiger partial charge on any atom is -0.389 e. The maximum atomic E-state index is 14.4. The quantitative estimate of drug-likeness (QED) is 0.883. The first kappa shape index (κ1) is 13.9. The molecule has 2 aromatic carbocycles. The summed E-state index contributed by atoms with van der Waals surface area (Å²) in [5, 5.41) is 0. The first-order chi connectivity index (χ1) is 10.1. The van der Waals surface area contributed by atoms with Gasteiger partial charge in [0.05, 0.1) is 0 Å². The summed E-state index contributed by atoms with van der Waals surface area (Å²) in [5.41, 5.74) is 8.19. The Labute approximate surface area is 127 Å². The summed E-state index contributed by atoms with van der Waals surface area (Å²) in [7, 11) is 0. The zero-order chi connectivity index (χ0) is 15.0. The second-order valence-electron chi connectivity index (χ2n) is 5.09. The third kappa shape index (κ3) is 2.61. The van der Waals surface area contributed by atoms with E-state index in [1.165, 1.54) is 12.1 Å². The molecule has 5 heteroatoms. The molecule has 2 nitrogen and oxygen atoms in total. The second kappa shape index (κ2) is 5.41. The summed E-state index contributed by atoms with van der Waals surface area (Å²) in [4.78, 5) is 2.02. The van der Waals surface area contributed by atoms with Gasteiger partial charge in [0.1, 0.15) is 16.6 Å². The molecule has 108 valence electrons. The summed E-state index contributed by atoms with van der Waals surface area (Å²) in [6.07, 6.45) is 0.840. The van der Waals surface area contributed by atoms with E-state index in [-0.39, 0.29) is 16.4 Å². The highest BCUT2D eigenvalue weighted by Crippen LogP contribution is 2.30. The van der Waals surface area contributed by atoms with Crippen LogP contribution in [0.5, 0.6) is 0 Å². The van der Waals surface area contributed by atoms with E-state index in [9.17, 15) is 8.78 Å². The van der Waals surface area contributed by atoms with E-state index >= 15 is 0 Å². The molecule has 21 heavy (non-hydrogen) atoms. The van der Waals surface area contributed by atoms with Gasteiger partial charge in [-0.15, -0.1) is 0 Å². The molecule has 0 spiro atoms. The highest BCUT2D eigenvalue weighted by Gasteiger charge is 2.21. The molecular weight excluding hydrogens is 290 g/mol. The molecule has 1 aliphatic rings. The van der Waals surface area contributed by atoms with Crippen LogP contribution in [0.1, 0.15) is 16.7 Å². The van der Waals surface area contributed by atoms with Gasteiger partial charge in [0, 0.05) is 29.9 Å². The largest absolute Gasteiger partial charge is 0.389 e. The van der Waals surface area contributed by atoms with Gasteiger partial charge in [-0.05, 0) is 30.2 Å². The first-order valence-corrected chi connectivity index (χ1v) is 7.07. The molecule has 0 fully saturated rings. The van der Waals surface area contributed by atoms with Crippen LogP contribution in [0.3, 0.4) is 0 Å². The van der Waals surface area contributed by atoms with Gasteiger partial charge < -0.3 is 10.6 Å². The van der Waals surface area contributed by atoms with E-state index in [0.29, 0.717) is 12.1 Å². The van der Waals surface area contributed by atoms with Gasteiger partial charge in [-0.25, -0.2) is 8.78 Å². The molecule has 0 bridgehead atoms. The third-order valence-electron chi connectivity index (χ3n) is 3.74. The van der Waals surface area contributed by atoms with Crippen molar-refractivity contribution < 1.29 is 8.78 Å². The number of fused-ring (bicyclic) bond motifs is 1. The molecular formula is C16H14F2N2S. The SMILES string of the molecule is NC(=S)c1cccc(CN2CCc3ccc(F)cc32)c1F. The van der Waals surface area contributed by atoms with Crippen LogP contribution in [0.15, 0.2) is 36.4 Å². The Bertz CT molecular complexity index is 715. The van der Waals surface area contributed by atoms with Gasteiger partial charge in [0.25, 0.3) is 0 Å². The van der Waals surface area contributed by atoms with Crippen LogP contribution in [-0.4, -0.2) is 11.5 Å². The molecule has 0 saturated heterocycles. The van der Waals surface area contributed by atoms with Crippen LogP contribution in [0.4, 0.5) is 14.5 Å². The fraction of sp³-hybridized carbons (Fsp3) is 0.188. The lowest BCUT2D eigenvalue weighted by Gasteiger charge is -2.20. The number of nitrogens with zero attached hydrogens (tertiary/aromatic N) is 1. The molecule has 0 atom stereocenters. The highest BCUT2D eigenvalue weighted by atomic mass is 32.1. The number of thiocarbonyl (C=S) groups is 1. The topological polar surface area (TPSA) is 29.3 Å². The molecule has 0 saturated carbocycles. The average Bonchev–Trinajstić information content (AvgIpc) is 2.83. The number of nitrogens with two attached hydrogens (primary N) is 1. The summed E-state index contributed by atoms with van der Waals surface area (Å²) in [5.74, 6) is -0.673. The molecule has 0 amide bonds. The van der Waals surface area contributed by atoms with Gasteiger partial charge in [-0.3, -0.25) is 0 Å². The van der Waals surface area contributed by atoms with Gasteiger partial charge in [-0.2, -0.15) is 0 Å². The summed E-state index contributed by atoms with van der Waals surface area (Å²) in [6.45, 7) is 1.12. The number of hydrogen-bond acceptors (Lipinski definition) is 2. The van der Waals surface area contributed by atoms with Gasteiger partial charge >= 0.3 is 0 Å². The molecule has 0 unspecified atom stereocenters. The smallest absolute Gasteiger partial charge is 0.138 e. The lowest BCUT2D eigenvalue weighted by molar-refractivity contribution is 0.603. The van der Waals surface area contributed by atoms with Gasteiger partial charge in [0.15, 0.2) is 0 Å². The minimum atomic E-state index is -0.394. The molecule has 1 aliphatic heterocycles. The third-order valence-corrected chi connectivity index (χ3v) is 3.96. The van der Waals surface area contributed by atoms with Gasteiger partial charge in [0.2, 0.25) is 0 Å². The van der Waals surface area contributed by atoms with Gasteiger partial charge in [-0.1, -0.05) is 30.4 Å². The lowest BCUT2D eigenvalue weighted by atomic mass is 10.1. The maximum Gasteiger partial charge on any atom is 0.138 e. The zero-order valence-electron chi connectivity index (χ0n) is 11.3. The highest BCUT2D eigenvalue weighted by molar-refractivity contribution is 7.80. The number of hydrogen-bond donors (Lipinski definition) is 1. The number of rotatable bonds is 3. The molecule has 3 rings (SSSR count). The van der Waals surface area contributed by atoms with Crippen molar-refractivity contribution in [2.45, 2.75) is 13.0 Å². The van der Waals surface area contributed by atoms with Crippen LogP contribution in [0.2, 0.25) is 0 Å². The zero-order valence-corrected chi connectivity index (χ0v) is 12.1. The Hall–Kier alpha value is -2.01. The second-order valence-corrected chi connectivity index (χ2v) is 5.53. The van der Waals surface area contributed by atoms with Crippen molar-refractivity contribution in [2.24, 2.45) is 5.73 Å². The van der Waals surface area contributed by atoms with Crippen LogP contribution in [0, 0.1) is 11.6 Å². The van der Waals surface area contributed by atoms with E-state index in [1.807, 2.05) is 4.90 Å². The predicted molar refractivity (Wildman–Crippen MR) is 83.4 cm³/mol. The van der Waals surface area contributed by atoms with Crippen LogP contribution in [-0.2, 0) is 13.0 Å². The van der Waals surface area contributed by atoms with E-state index < -0.39 is 5.82 Å². The van der Waals surface area contributed by atoms with Crippen molar-refractivity contribution in [3.63, 3.8) is 0 Å². The lowest BCUT2D eigenvalue weighted by Crippen LogP contribution is -2.22. The van der Waals surface area contributed by atoms with Crippen molar-refractivity contribution in [2.75, 3.05) is 11.4 Å². The first-order valence-electron chi connectivity index (χ1n) is 6.67. The molecule has 0 aliphatic carbocycles. The number of benzene rings is 2. The Morgan fingerprint density at radius 1 is 1.24 bits per heavy atom. The Kier molecular flexibility index (Phi) is 3.59. The fourth-order valence-corrected chi connectivity index (χ4v) is 2.84. The van der Waals surface area contributed by atoms with E-state index in [1.54, 1.807) is 24.3 Å². The Balaban J connectivity index is 1.91. The van der Waals surface area contributed by atoms with Crippen molar-refractivity contribution >= 4 is 22.9 Å². The monoisotopic (exact) mass is 304 g/mol. The summed E-state index contributed by atoms with van der Waals surface area (Å²) < 4.78 is 27.8. The van der Waals surface area contributed by atoms with Crippen LogP contribution in [0.25, 0.3) is 0 Å². The van der Waals surface area contributed by atoms with Crippen molar-refractivity contribution in [3.05, 3.63) is 64.7 Å². The maximum absolute atomic E-state index is 14.4. The molecule has 0 radical (unpaired) electrons. The van der Waals surface area contributed by atoms with E-state index in [4.69, 9.17) is 18.0 Å². The van der Waals surface area contributed by atoms with Crippen molar-refractivity contribution in [3.8, 4) is 0 Å². The Morgan fingerprint density at radius 3 is 2.81 bits per heavy atom. The minimum absolute atomic E-state index is 0.0437. The van der Waals surface area contributed by atoms with E-state index in [2.05, 4.69) is 0 Å². The number of anilines is 1. The molecule has 2 N–H and O–H groups in total. The van der Waals surface area contributed by atoms with Crippen molar-refractivity contribution in [1.82, 2.24) is 0 Å². The predicted octanol–water partition coefficient (Wildman–Crippen LogP) is 3.16. The average molecular weight is 304 g/mol. The fourth-order valence-electron chi connectivity index (χ4n) is 2.68. The standard InChI is InChI=1S/C16H14F2N2S/c17-12-5-4-10-6-7-20(14(10)8-12)9-11-2-1-3-13(15(11)18)16(19)21/h1-5,8H,6-7,9H2,(H2,19,21). The van der Waals surface area contributed by atoms with Crippen LogP contribution >= 0.6 is 12.2 Å². The summed E-state index contributed by atoms with van der Waals surface area (Å²) >= 11 is 4.85. The van der Waals surface area contributed by atoms with Crippen LogP contribution < -0.4 is 10.6 Å². The molecule has 2 aromatic rings. The normalized spacial score (nSPS) is 13.3. The van der Waals surface area contributed by atoms with Crippen molar-refractivity contribution in [1.29, 1.82) is 0 Å². The Morgan fingerprint density at radius 2 is 2.05 bits per heavy atom. The molecule has 1 heterocycles. The van der Waals surface area contributed by atoms with E-state index in [0.717, 1.165) is 24.2 Å². The molecule has 0 aromatic heterocycles. The number of halogens is 2.